The highest BCUT2D eigenvalue weighted by molar-refractivity contribution is 7.98. The van der Waals surface area contributed by atoms with Gasteiger partial charge in [-0.15, -0.1) is 11.8 Å². The smallest absolute Gasteiger partial charge is 0.309 e. The molecule has 0 spiro atoms. The Morgan fingerprint density at radius 1 is 1.05 bits per heavy atom. The number of hydrogen-bond acceptors (Lipinski definition) is 3. The number of hydrogen-bond donors (Lipinski definition) is 0. The van der Waals surface area contributed by atoms with Crippen molar-refractivity contribution in [2.45, 2.75) is 17.1 Å². The summed E-state index contributed by atoms with van der Waals surface area (Å²) in [6, 6.07) is 13.2. The van der Waals surface area contributed by atoms with Crippen LogP contribution in [-0.2, 0) is 21.7 Å². The first kappa shape index (κ1) is 16.2. The van der Waals surface area contributed by atoms with Crippen LogP contribution in [-0.4, -0.2) is 13.1 Å². The van der Waals surface area contributed by atoms with Crippen LogP contribution >= 0.6 is 35.0 Å². The van der Waals surface area contributed by atoms with Crippen LogP contribution in [0.25, 0.3) is 0 Å². The van der Waals surface area contributed by atoms with E-state index in [2.05, 4.69) is 0 Å². The third-order valence-corrected chi connectivity index (χ3v) is 5.01. The number of ether oxygens (including phenoxy) is 1. The molecule has 0 aromatic heterocycles. The van der Waals surface area contributed by atoms with Crippen molar-refractivity contribution in [3.8, 4) is 0 Å². The van der Waals surface area contributed by atoms with Crippen molar-refractivity contribution in [3.05, 3.63) is 63.6 Å². The highest BCUT2D eigenvalue weighted by atomic mass is 35.5. The van der Waals surface area contributed by atoms with E-state index in [0.29, 0.717) is 15.8 Å². The van der Waals surface area contributed by atoms with E-state index in [1.54, 1.807) is 11.8 Å². The minimum Gasteiger partial charge on any atom is -0.469 e. The molecule has 0 heterocycles. The van der Waals surface area contributed by atoms with Gasteiger partial charge in [0.1, 0.15) is 0 Å². The van der Waals surface area contributed by atoms with Gasteiger partial charge in [-0.05, 0) is 23.3 Å². The Labute approximate surface area is 138 Å². The van der Waals surface area contributed by atoms with Gasteiger partial charge in [-0.3, -0.25) is 4.79 Å². The van der Waals surface area contributed by atoms with Gasteiger partial charge >= 0.3 is 5.97 Å². The second-order valence-corrected chi connectivity index (χ2v) is 6.16. The van der Waals surface area contributed by atoms with Gasteiger partial charge in [0.25, 0.3) is 0 Å². The summed E-state index contributed by atoms with van der Waals surface area (Å²) in [5.74, 6) is 0.444. The number of carbonyl (C=O) groups excluding carboxylic acids is 1. The van der Waals surface area contributed by atoms with Crippen LogP contribution in [0.3, 0.4) is 0 Å². The molecule has 0 radical (unpaired) electrons. The van der Waals surface area contributed by atoms with E-state index in [4.69, 9.17) is 27.9 Å². The van der Waals surface area contributed by atoms with E-state index in [9.17, 15) is 4.79 Å². The standard InChI is InChI=1S/C16H14Cl2O2S/c1-20-15(19)9-11-5-2-3-6-12(11)10-21-16-13(17)7-4-8-14(16)18/h2-8H,9-10H2,1H3. The van der Waals surface area contributed by atoms with Crippen molar-refractivity contribution in [1.29, 1.82) is 0 Å². The van der Waals surface area contributed by atoms with Crippen molar-refractivity contribution in [2.75, 3.05) is 7.11 Å². The van der Waals surface area contributed by atoms with E-state index in [1.807, 2.05) is 42.5 Å². The first-order valence-corrected chi connectivity index (χ1v) is 8.06. The summed E-state index contributed by atoms with van der Waals surface area (Å²) in [6.45, 7) is 0. The van der Waals surface area contributed by atoms with Crippen LogP contribution in [0, 0.1) is 0 Å². The average molecular weight is 341 g/mol. The van der Waals surface area contributed by atoms with Crippen LogP contribution in [0.4, 0.5) is 0 Å². The lowest BCUT2D eigenvalue weighted by Crippen LogP contribution is -2.06. The van der Waals surface area contributed by atoms with Crippen LogP contribution < -0.4 is 0 Å². The van der Waals surface area contributed by atoms with Crippen molar-refractivity contribution in [2.24, 2.45) is 0 Å². The topological polar surface area (TPSA) is 26.3 Å². The molecule has 110 valence electrons. The molecule has 0 bridgehead atoms. The number of esters is 1. The Balaban J connectivity index is 2.15. The van der Waals surface area contributed by atoms with Crippen molar-refractivity contribution in [1.82, 2.24) is 0 Å². The Morgan fingerprint density at radius 2 is 1.67 bits per heavy atom. The predicted octanol–water partition coefficient (Wildman–Crippen LogP) is 5.00. The molecule has 0 unspecified atom stereocenters. The number of rotatable bonds is 5. The van der Waals surface area contributed by atoms with Gasteiger partial charge in [-0.1, -0.05) is 53.5 Å². The maximum atomic E-state index is 11.4. The number of halogens is 2. The van der Waals surface area contributed by atoms with Gasteiger partial charge < -0.3 is 4.74 Å². The summed E-state index contributed by atoms with van der Waals surface area (Å²) < 4.78 is 4.72. The second kappa shape index (κ2) is 7.74. The molecule has 0 atom stereocenters. The fourth-order valence-corrected chi connectivity index (χ4v) is 3.59. The SMILES string of the molecule is COC(=O)Cc1ccccc1CSc1c(Cl)cccc1Cl. The molecule has 0 aliphatic rings. The molecule has 2 rings (SSSR count). The molecule has 0 fully saturated rings. The second-order valence-electron chi connectivity index (χ2n) is 4.36. The lowest BCUT2D eigenvalue weighted by atomic mass is 10.1. The summed E-state index contributed by atoms with van der Waals surface area (Å²) in [7, 11) is 1.39. The zero-order valence-corrected chi connectivity index (χ0v) is 13.8. The van der Waals surface area contributed by atoms with Gasteiger partial charge in [-0.2, -0.15) is 0 Å². The van der Waals surface area contributed by atoms with Gasteiger partial charge in [0.2, 0.25) is 0 Å². The zero-order valence-electron chi connectivity index (χ0n) is 11.4. The van der Waals surface area contributed by atoms with Crippen molar-refractivity contribution < 1.29 is 9.53 Å². The Hall–Kier alpha value is -1.16. The Bertz CT molecular complexity index is 624. The highest BCUT2D eigenvalue weighted by Crippen LogP contribution is 2.36. The predicted molar refractivity (Wildman–Crippen MR) is 88.2 cm³/mol. The van der Waals surface area contributed by atoms with Gasteiger partial charge in [0.05, 0.1) is 23.6 Å². The molecule has 2 nitrogen and oxygen atoms in total. The normalized spacial score (nSPS) is 10.4. The summed E-state index contributed by atoms with van der Waals surface area (Å²) in [5, 5.41) is 1.27. The Morgan fingerprint density at radius 3 is 2.29 bits per heavy atom. The fourth-order valence-electron chi connectivity index (χ4n) is 1.87. The summed E-state index contributed by atoms with van der Waals surface area (Å²) in [6.07, 6.45) is 0.267. The summed E-state index contributed by atoms with van der Waals surface area (Å²) in [5.41, 5.74) is 2.03. The molecule has 5 heteroatoms. The molecule has 0 N–H and O–H groups in total. The zero-order chi connectivity index (χ0) is 15.2. The third kappa shape index (κ3) is 4.40. The summed E-state index contributed by atoms with van der Waals surface area (Å²) in [4.78, 5) is 12.3. The first-order chi connectivity index (χ1) is 10.1. The van der Waals surface area contributed by atoms with Gasteiger partial charge in [-0.25, -0.2) is 0 Å². The molecule has 0 saturated carbocycles. The average Bonchev–Trinajstić information content (AvgIpc) is 2.48. The molecule has 2 aromatic carbocycles. The summed E-state index contributed by atoms with van der Waals surface area (Å²) >= 11 is 13.9. The van der Waals surface area contributed by atoms with Crippen LogP contribution in [0.1, 0.15) is 11.1 Å². The molecule has 0 saturated heterocycles. The van der Waals surface area contributed by atoms with E-state index in [0.717, 1.165) is 16.0 Å². The van der Waals surface area contributed by atoms with E-state index in [-0.39, 0.29) is 12.4 Å². The minimum absolute atomic E-state index is 0.247. The van der Waals surface area contributed by atoms with E-state index < -0.39 is 0 Å². The molecule has 21 heavy (non-hydrogen) atoms. The van der Waals surface area contributed by atoms with Gasteiger partial charge in [0.15, 0.2) is 0 Å². The number of methoxy groups -OCH3 is 1. The van der Waals surface area contributed by atoms with E-state index >= 15 is 0 Å². The van der Waals surface area contributed by atoms with Crippen LogP contribution in [0.5, 0.6) is 0 Å². The van der Waals surface area contributed by atoms with Crippen LogP contribution in [0.2, 0.25) is 10.0 Å². The molecule has 2 aromatic rings. The monoisotopic (exact) mass is 340 g/mol. The molecule has 0 aliphatic heterocycles. The largest absolute Gasteiger partial charge is 0.469 e. The lowest BCUT2D eigenvalue weighted by molar-refractivity contribution is -0.139. The quantitative estimate of drug-likeness (QED) is 0.565. The maximum Gasteiger partial charge on any atom is 0.309 e. The molecule has 0 amide bonds. The number of carbonyl (C=O) groups is 1. The molecule has 0 aliphatic carbocycles. The lowest BCUT2D eigenvalue weighted by Gasteiger charge is -2.10. The highest BCUT2D eigenvalue weighted by Gasteiger charge is 2.10. The van der Waals surface area contributed by atoms with Gasteiger partial charge in [0, 0.05) is 10.6 Å². The third-order valence-electron chi connectivity index (χ3n) is 2.97. The number of benzene rings is 2. The van der Waals surface area contributed by atoms with E-state index in [1.165, 1.54) is 7.11 Å². The first-order valence-electron chi connectivity index (χ1n) is 6.32. The van der Waals surface area contributed by atoms with Crippen molar-refractivity contribution >= 4 is 40.9 Å². The van der Waals surface area contributed by atoms with Crippen LogP contribution in [0.15, 0.2) is 47.4 Å². The Kier molecular flexibility index (Phi) is 5.97. The maximum absolute atomic E-state index is 11.4. The fraction of sp³-hybridized carbons (Fsp3) is 0.188. The minimum atomic E-state index is -0.247. The molecular weight excluding hydrogens is 327 g/mol. The van der Waals surface area contributed by atoms with Crippen molar-refractivity contribution in [3.63, 3.8) is 0 Å². The number of thioether (sulfide) groups is 1. The molecular formula is C16H14Cl2O2S.